The molecule has 0 fully saturated rings. The molecule has 0 spiro atoms. The van der Waals surface area contributed by atoms with E-state index in [0.29, 0.717) is 25.0 Å². The van der Waals surface area contributed by atoms with Gasteiger partial charge in [0.2, 0.25) is 0 Å². The summed E-state index contributed by atoms with van der Waals surface area (Å²) in [6.45, 7) is 9.32. The molecule has 0 N–H and O–H groups in total. The lowest BCUT2D eigenvalue weighted by Crippen LogP contribution is -2.17. The zero-order valence-corrected chi connectivity index (χ0v) is 9.13. The van der Waals surface area contributed by atoms with Gasteiger partial charge in [0.15, 0.2) is 0 Å². The van der Waals surface area contributed by atoms with Crippen LogP contribution in [0.5, 0.6) is 0 Å². The third kappa shape index (κ3) is 1.74. The smallest absolute Gasteiger partial charge is 0.273 e. The van der Waals surface area contributed by atoms with E-state index < -0.39 is 0 Å². The lowest BCUT2D eigenvalue weighted by molar-refractivity contribution is 0.261. The van der Waals surface area contributed by atoms with E-state index in [1.54, 1.807) is 0 Å². The average molecular weight is 196 g/mol. The van der Waals surface area contributed by atoms with Crippen molar-refractivity contribution in [1.82, 2.24) is 0 Å². The summed E-state index contributed by atoms with van der Waals surface area (Å²) in [5.74, 6) is 1.11. The van der Waals surface area contributed by atoms with Crippen LogP contribution in [0.1, 0.15) is 27.7 Å². The predicted octanol–water partition coefficient (Wildman–Crippen LogP) is 1.40. The average Bonchev–Trinajstić information content (AvgIpc) is 2.54. The number of nitrogens with zero attached hydrogens (tertiary/aromatic N) is 2. The van der Waals surface area contributed by atoms with Gasteiger partial charge in [-0.25, -0.2) is 9.98 Å². The third-order valence-corrected chi connectivity index (χ3v) is 2.12. The van der Waals surface area contributed by atoms with E-state index in [9.17, 15) is 0 Å². The largest absolute Gasteiger partial charge is 0.472 e. The molecule has 0 saturated heterocycles. The Morgan fingerprint density at radius 1 is 0.857 bits per heavy atom. The van der Waals surface area contributed by atoms with Crippen molar-refractivity contribution in [2.45, 2.75) is 38.8 Å². The third-order valence-electron chi connectivity index (χ3n) is 2.12. The summed E-state index contributed by atoms with van der Waals surface area (Å²) in [7, 11) is 0. The molecule has 0 aromatic heterocycles. The molecule has 0 bridgehead atoms. The molecule has 2 heterocycles. The van der Waals surface area contributed by atoms with Gasteiger partial charge in [-0.3, -0.25) is 0 Å². The Morgan fingerprint density at radius 3 is 1.43 bits per heavy atom. The Kier molecular flexibility index (Phi) is 1.84. The summed E-state index contributed by atoms with van der Waals surface area (Å²) in [6.07, 6.45) is 0. The van der Waals surface area contributed by atoms with Crippen LogP contribution in [-0.2, 0) is 9.47 Å². The van der Waals surface area contributed by atoms with Crippen LogP contribution in [0, 0.1) is 0 Å². The van der Waals surface area contributed by atoms with Crippen LogP contribution >= 0.6 is 0 Å². The molecule has 14 heavy (non-hydrogen) atoms. The molecule has 2 aliphatic heterocycles. The molecule has 2 rings (SSSR count). The first kappa shape index (κ1) is 9.49. The van der Waals surface area contributed by atoms with Crippen LogP contribution in [0.25, 0.3) is 0 Å². The lowest BCUT2D eigenvalue weighted by Gasteiger charge is -2.07. The first-order chi connectivity index (χ1) is 6.38. The summed E-state index contributed by atoms with van der Waals surface area (Å²) < 4.78 is 10.9. The number of hydrogen-bond donors (Lipinski definition) is 0. The van der Waals surface area contributed by atoms with Crippen molar-refractivity contribution in [3.8, 4) is 0 Å². The molecular formula is C10H16N2O2. The minimum Gasteiger partial charge on any atom is -0.472 e. The van der Waals surface area contributed by atoms with Crippen molar-refractivity contribution in [2.75, 3.05) is 13.2 Å². The van der Waals surface area contributed by atoms with Crippen molar-refractivity contribution >= 4 is 11.8 Å². The second kappa shape index (κ2) is 2.72. The van der Waals surface area contributed by atoms with E-state index in [1.165, 1.54) is 0 Å². The summed E-state index contributed by atoms with van der Waals surface area (Å²) in [5.41, 5.74) is -0.290. The highest BCUT2D eigenvalue weighted by atomic mass is 16.5. The number of hydrogen-bond acceptors (Lipinski definition) is 4. The molecule has 0 radical (unpaired) electrons. The molecule has 0 aliphatic carbocycles. The first-order valence-corrected chi connectivity index (χ1v) is 4.84. The van der Waals surface area contributed by atoms with Crippen LogP contribution in [0.2, 0.25) is 0 Å². The molecule has 4 heteroatoms. The zero-order chi connectivity index (χ0) is 10.4. The Hall–Kier alpha value is -1.06. The standard InChI is InChI=1S/C10H16N2O2/c1-9(2)5-13-7(11-9)8-12-10(3,4)6-14-8/h5-6H2,1-4H3. The highest BCUT2D eigenvalue weighted by Crippen LogP contribution is 2.22. The maximum absolute atomic E-state index is 5.44. The minimum absolute atomic E-state index is 0.145. The molecule has 4 nitrogen and oxygen atoms in total. The van der Waals surface area contributed by atoms with Crippen LogP contribution in [0.15, 0.2) is 9.98 Å². The van der Waals surface area contributed by atoms with Gasteiger partial charge >= 0.3 is 0 Å². The summed E-state index contributed by atoms with van der Waals surface area (Å²) in [6, 6.07) is 0. The maximum atomic E-state index is 5.44. The highest BCUT2D eigenvalue weighted by Gasteiger charge is 2.35. The van der Waals surface area contributed by atoms with Crippen LogP contribution in [-0.4, -0.2) is 36.1 Å². The van der Waals surface area contributed by atoms with Gasteiger partial charge in [0, 0.05) is 0 Å². The Bertz CT molecular complexity index is 284. The van der Waals surface area contributed by atoms with E-state index in [0.717, 1.165) is 0 Å². The molecule has 0 atom stereocenters. The molecule has 2 aliphatic rings. The van der Waals surface area contributed by atoms with Gasteiger partial charge in [0.25, 0.3) is 11.8 Å². The van der Waals surface area contributed by atoms with Gasteiger partial charge < -0.3 is 9.47 Å². The maximum Gasteiger partial charge on any atom is 0.273 e. The molecule has 0 aromatic rings. The van der Waals surface area contributed by atoms with Crippen molar-refractivity contribution in [1.29, 1.82) is 0 Å². The second-order valence-electron chi connectivity index (χ2n) is 5.04. The fourth-order valence-corrected chi connectivity index (χ4v) is 1.39. The van der Waals surface area contributed by atoms with E-state index in [4.69, 9.17) is 9.47 Å². The molecular weight excluding hydrogens is 180 g/mol. The molecule has 78 valence electrons. The fourth-order valence-electron chi connectivity index (χ4n) is 1.39. The van der Waals surface area contributed by atoms with E-state index >= 15 is 0 Å². The zero-order valence-electron chi connectivity index (χ0n) is 9.13. The first-order valence-electron chi connectivity index (χ1n) is 4.84. The molecule has 0 unspecified atom stereocenters. The number of ether oxygens (including phenoxy) is 2. The highest BCUT2D eigenvalue weighted by molar-refractivity contribution is 6.36. The van der Waals surface area contributed by atoms with Gasteiger partial charge in [0.05, 0.1) is 11.1 Å². The normalized spacial score (nSPS) is 27.7. The minimum atomic E-state index is -0.145. The van der Waals surface area contributed by atoms with Crippen molar-refractivity contribution < 1.29 is 9.47 Å². The predicted molar refractivity (Wildman–Crippen MR) is 54.9 cm³/mol. The summed E-state index contributed by atoms with van der Waals surface area (Å²) >= 11 is 0. The fraction of sp³-hybridized carbons (Fsp3) is 0.800. The van der Waals surface area contributed by atoms with Crippen LogP contribution < -0.4 is 0 Å². The van der Waals surface area contributed by atoms with Gasteiger partial charge in [-0.1, -0.05) is 0 Å². The SMILES string of the molecule is CC1(C)COC(C2=NC(C)(C)CO2)=N1. The lowest BCUT2D eigenvalue weighted by atomic mass is 10.1. The van der Waals surface area contributed by atoms with E-state index in [1.807, 2.05) is 27.7 Å². The molecule has 0 amide bonds. The van der Waals surface area contributed by atoms with Gasteiger partial charge in [0.1, 0.15) is 13.2 Å². The monoisotopic (exact) mass is 196 g/mol. The van der Waals surface area contributed by atoms with Gasteiger partial charge in [-0.15, -0.1) is 0 Å². The van der Waals surface area contributed by atoms with Crippen molar-refractivity contribution in [3.63, 3.8) is 0 Å². The topological polar surface area (TPSA) is 43.2 Å². The van der Waals surface area contributed by atoms with Gasteiger partial charge in [-0.2, -0.15) is 0 Å². The molecule has 0 aromatic carbocycles. The molecule has 0 saturated carbocycles. The van der Waals surface area contributed by atoms with Crippen molar-refractivity contribution in [3.05, 3.63) is 0 Å². The quantitative estimate of drug-likeness (QED) is 0.636. The Labute approximate surface area is 84.0 Å². The van der Waals surface area contributed by atoms with Crippen molar-refractivity contribution in [2.24, 2.45) is 9.98 Å². The van der Waals surface area contributed by atoms with Crippen LogP contribution in [0.4, 0.5) is 0 Å². The number of aliphatic imine (C=N–C) groups is 2. The van der Waals surface area contributed by atoms with Crippen LogP contribution in [0.3, 0.4) is 0 Å². The second-order valence-corrected chi connectivity index (χ2v) is 5.04. The number of rotatable bonds is 1. The van der Waals surface area contributed by atoms with E-state index in [-0.39, 0.29) is 11.1 Å². The Balaban J connectivity index is 2.19. The van der Waals surface area contributed by atoms with E-state index in [2.05, 4.69) is 9.98 Å². The summed E-state index contributed by atoms with van der Waals surface area (Å²) in [4.78, 5) is 8.81. The Morgan fingerprint density at radius 2 is 1.21 bits per heavy atom. The van der Waals surface area contributed by atoms with Gasteiger partial charge in [-0.05, 0) is 27.7 Å². The summed E-state index contributed by atoms with van der Waals surface area (Å²) in [5, 5.41) is 0.